The molecular formula is C9H9ClO2S. The van der Waals surface area contributed by atoms with Gasteiger partial charge in [0.2, 0.25) is 0 Å². The summed E-state index contributed by atoms with van der Waals surface area (Å²) in [5.74, 6) is 0.546. The van der Waals surface area contributed by atoms with Crippen LogP contribution in [0, 0.1) is 0 Å². The Morgan fingerprint density at radius 2 is 2.31 bits per heavy atom. The summed E-state index contributed by atoms with van der Waals surface area (Å²) in [4.78, 5) is 11.4. The zero-order chi connectivity index (χ0) is 9.68. The molecule has 1 rings (SSSR count). The summed E-state index contributed by atoms with van der Waals surface area (Å²) in [7, 11) is 0. The van der Waals surface area contributed by atoms with Crippen LogP contribution in [0.5, 0.6) is 0 Å². The molecule has 0 bridgehead atoms. The third kappa shape index (κ3) is 2.72. The minimum absolute atomic E-state index is 0.0776. The quantitative estimate of drug-likeness (QED) is 0.620. The highest BCUT2D eigenvalue weighted by Crippen LogP contribution is 2.29. The second kappa shape index (κ2) is 5.27. The molecule has 4 heteroatoms. The van der Waals surface area contributed by atoms with E-state index in [1.165, 1.54) is 11.8 Å². The molecule has 1 aromatic carbocycles. The molecule has 0 aliphatic rings. The van der Waals surface area contributed by atoms with E-state index in [-0.39, 0.29) is 6.61 Å². The van der Waals surface area contributed by atoms with Gasteiger partial charge < -0.3 is 5.11 Å². The maximum absolute atomic E-state index is 10.6. The van der Waals surface area contributed by atoms with Crippen molar-refractivity contribution in [2.45, 2.75) is 4.90 Å². The molecule has 1 N–H and O–H groups in total. The Morgan fingerprint density at radius 1 is 1.54 bits per heavy atom. The van der Waals surface area contributed by atoms with E-state index in [1.54, 1.807) is 18.2 Å². The van der Waals surface area contributed by atoms with E-state index in [1.807, 2.05) is 0 Å². The molecule has 0 fully saturated rings. The van der Waals surface area contributed by atoms with Crippen LogP contribution < -0.4 is 0 Å². The number of hydrogen-bond donors (Lipinski definition) is 1. The average molecular weight is 217 g/mol. The summed E-state index contributed by atoms with van der Waals surface area (Å²) < 4.78 is 0. The van der Waals surface area contributed by atoms with Gasteiger partial charge in [0.15, 0.2) is 6.29 Å². The smallest absolute Gasteiger partial charge is 0.151 e. The number of benzene rings is 1. The van der Waals surface area contributed by atoms with Crippen LogP contribution >= 0.6 is 23.4 Å². The van der Waals surface area contributed by atoms with Crippen molar-refractivity contribution >= 4 is 29.6 Å². The van der Waals surface area contributed by atoms with Gasteiger partial charge in [0.05, 0.1) is 11.6 Å². The largest absolute Gasteiger partial charge is 0.396 e. The first-order valence-corrected chi connectivity index (χ1v) is 5.13. The molecule has 70 valence electrons. The lowest BCUT2D eigenvalue weighted by atomic mass is 10.2. The van der Waals surface area contributed by atoms with Crippen molar-refractivity contribution in [3.8, 4) is 0 Å². The van der Waals surface area contributed by atoms with Gasteiger partial charge in [-0.1, -0.05) is 23.7 Å². The number of carbonyl (C=O) groups excluding carboxylic acids is 1. The minimum Gasteiger partial charge on any atom is -0.396 e. The highest BCUT2D eigenvalue weighted by molar-refractivity contribution is 7.99. The lowest BCUT2D eigenvalue weighted by Crippen LogP contribution is -1.90. The normalized spacial score (nSPS) is 10.0. The predicted molar refractivity (Wildman–Crippen MR) is 54.6 cm³/mol. The molecule has 0 heterocycles. The Balaban J connectivity index is 2.93. The molecule has 0 spiro atoms. The van der Waals surface area contributed by atoms with Gasteiger partial charge in [0, 0.05) is 16.2 Å². The monoisotopic (exact) mass is 216 g/mol. The molecular weight excluding hydrogens is 208 g/mol. The first kappa shape index (κ1) is 10.6. The minimum atomic E-state index is 0.0776. The Hall–Kier alpha value is -0.510. The van der Waals surface area contributed by atoms with E-state index in [4.69, 9.17) is 16.7 Å². The summed E-state index contributed by atoms with van der Waals surface area (Å²) in [6.45, 7) is 0.0776. The van der Waals surface area contributed by atoms with Crippen LogP contribution in [-0.2, 0) is 0 Å². The van der Waals surface area contributed by atoms with Gasteiger partial charge in [-0.25, -0.2) is 0 Å². The Labute approximate surface area is 85.9 Å². The highest BCUT2D eigenvalue weighted by Gasteiger charge is 2.05. The second-order valence-corrected chi connectivity index (χ2v) is 3.86. The third-order valence-corrected chi connectivity index (χ3v) is 3.02. The van der Waals surface area contributed by atoms with Gasteiger partial charge in [-0.3, -0.25) is 4.79 Å². The van der Waals surface area contributed by atoms with Gasteiger partial charge in [-0.15, -0.1) is 11.8 Å². The van der Waals surface area contributed by atoms with Crippen LogP contribution in [0.25, 0.3) is 0 Å². The van der Waals surface area contributed by atoms with E-state index in [0.29, 0.717) is 16.3 Å². The number of halogens is 1. The zero-order valence-corrected chi connectivity index (χ0v) is 8.44. The highest BCUT2D eigenvalue weighted by atomic mass is 35.5. The summed E-state index contributed by atoms with van der Waals surface area (Å²) in [6.07, 6.45) is 0.769. The zero-order valence-electron chi connectivity index (χ0n) is 6.87. The van der Waals surface area contributed by atoms with Gasteiger partial charge >= 0.3 is 0 Å². The predicted octanol–water partition coefficient (Wildman–Crippen LogP) is 2.24. The fourth-order valence-electron chi connectivity index (χ4n) is 0.918. The summed E-state index contributed by atoms with van der Waals surface area (Å²) in [6, 6.07) is 5.17. The molecule has 0 aromatic heterocycles. The molecule has 0 aliphatic heterocycles. The number of aldehydes is 1. The number of hydrogen-bond acceptors (Lipinski definition) is 3. The van der Waals surface area contributed by atoms with Gasteiger partial charge in [0.1, 0.15) is 0 Å². The number of aliphatic hydroxyl groups excluding tert-OH is 1. The molecule has 0 unspecified atom stereocenters. The number of aliphatic hydroxyl groups is 1. The fraction of sp³-hybridized carbons (Fsp3) is 0.222. The van der Waals surface area contributed by atoms with Gasteiger partial charge in [0.25, 0.3) is 0 Å². The third-order valence-electron chi connectivity index (χ3n) is 1.46. The summed E-state index contributed by atoms with van der Waals surface area (Å²) in [5, 5.41) is 9.19. The fourth-order valence-corrected chi connectivity index (χ4v) is 2.05. The van der Waals surface area contributed by atoms with E-state index >= 15 is 0 Å². The van der Waals surface area contributed by atoms with Gasteiger partial charge in [-0.2, -0.15) is 0 Å². The van der Waals surface area contributed by atoms with Crippen molar-refractivity contribution in [1.82, 2.24) is 0 Å². The lowest BCUT2D eigenvalue weighted by molar-refractivity contribution is 0.112. The molecule has 0 saturated heterocycles. The van der Waals surface area contributed by atoms with E-state index in [2.05, 4.69) is 0 Å². The molecule has 2 nitrogen and oxygen atoms in total. The van der Waals surface area contributed by atoms with E-state index < -0.39 is 0 Å². The number of thioether (sulfide) groups is 1. The molecule has 1 aromatic rings. The molecule has 13 heavy (non-hydrogen) atoms. The van der Waals surface area contributed by atoms with Crippen molar-refractivity contribution in [3.05, 3.63) is 28.8 Å². The average Bonchev–Trinajstić information content (AvgIpc) is 2.15. The topological polar surface area (TPSA) is 37.3 Å². The summed E-state index contributed by atoms with van der Waals surface area (Å²) >= 11 is 7.27. The van der Waals surface area contributed by atoms with Crippen LogP contribution in [0.3, 0.4) is 0 Å². The number of rotatable bonds is 4. The Bertz CT molecular complexity index is 302. The second-order valence-electron chi connectivity index (χ2n) is 2.35. The van der Waals surface area contributed by atoms with Crippen LogP contribution in [0.4, 0.5) is 0 Å². The van der Waals surface area contributed by atoms with Crippen LogP contribution in [0.15, 0.2) is 23.1 Å². The molecule has 0 saturated carbocycles. The van der Waals surface area contributed by atoms with Crippen LogP contribution in [0.1, 0.15) is 10.4 Å². The van der Waals surface area contributed by atoms with Gasteiger partial charge in [-0.05, 0) is 6.07 Å². The van der Waals surface area contributed by atoms with Crippen molar-refractivity contribution in [1.29, 1.82) is 0 Å². The van der Waals surface area contributed by atoms with Crippen molar-refractivity contribution < 1.29 is 9.90 Å². The number of carbonyl (C=O) groups is 1. The lowest BCUT2D eigenvalue weighted by Gasteiger charge is -2.04. The molecule has 0 amide bonds. The maximum atomic E-state index is 10.6. The van der Waals surface area contributed by atoms with Crippen molar-refractivity contribution in [2.24, 2.45) is 0 Å². The standard InChI is InChI=1S/C9H9ClO2S/c10-8-3-1-2-7(6-12)9(8)13-5-4-11/h1-3,6,11H,4-5H2. The maximum Gasteiger partial charge on any atom is 0.151 e. The Kier molecular flexibility index (Phi) is 4.28. The summed E-state index contributed by atoms with van der Waals surface area (Å²) in [5.41, 5.74) is 0.575. The van der Waals surface area contributed by atoms with E-state index in [9.17, 15) is 4.79 Å². The molecule has 0 aliphatic carbocycles. The van der Waals surface area contributed by atoms with Crippen molar-refractivity contribution in [2.75, 3.05) is 12.4 Å². The molecule has 0 radical (unpaired) electrons. The van der Waals surface area contributed by atoms with Crippen LogP contribution in [0.2, 0.25) is 5.02 Å². The van der Waals surface area contributed by atoms with Crippen molar-refractivity contribution in [3.63, 3.8) is 0 Å². The Morgan fingerprint density at radius 3 is 2.92 bits per heavy atom. The first-order valence-electron chi connectivity index (χ1n) is 3.77. The SMILES string of the molecule is O=Cc1cccc(Cl)c1SCCO. The van der Waals surface area contributed by atoms with Crippen LogP contribution in [-0.4, -0.2) is 23.8 Å². The van der Waals surface area contributed by atoms with E-state index in [0.717, 1.165) is 11.2 Å². The molecule has 0 atom stereocenters. The first-order chi connectivity index (χ1) is 6.29.